The molecule has 6 heteroatoms. The maximum atomic E-state index is 13.0. The maximum absolute atomic E-state index is 13.0. The highest BCUT2D eigenvalue weighted by atomic mass is 19.1. The number of aromatic nitrogens is 2. The number of nitrogens with two attached hydrogens (primary N) is 1. The number of nitrogens with zero attached hydrogens (tertiary/aromatic N) is 3. The van der Waals surface area contributed by atoms with Crippen molar-refractivity contribution in [1.82, 2.24) is 15.0 Å². The fraction of sp³-hybridized carbons (Fsp3) is 0.467. The lowest BCUT2D eigenvalue weighted by Crippen LogP contribution is -2.25. The zero-order valence-electron chi connectivity index (χ0n) is 11.8. The third-order valence-corrected chi connectivity index (χ3v) is 3.58. The number of hydrogen-bond acceptors (Lipinski definition) is 5. The minimum absolute atomic E-state index is 0.210. The summed E-state index contributed by atoms with van der Waals surface area (Å²) in [4.78, 5) is 6.52. The van der Waals surface area contributed by atoms with Crippen molar-refractivity contribution in [2.24, 2.45) is 11.7 Å². The molecule has 0 bridgehead atoms. The van der Waals surface area contributed by atoms with E-state index in [0.717, 1.165) is 24.6 Å². The van der Waals surface area contributed by atoms with Crippen LogP contribution in [0.1, 0.15) is 30.1 Å². The first-order valence-electron chi connectivity index (χ1n) is 7.21. The molecule has 0 unspecified atom stereocenters. The van der Waals surface area contributed by atoms with E-state index >= 15 is 0 Å². The molecule has 1 heterocycles. The molecule has 1 aliphatic carbocycles. The van der Waals surface area contributed by atoms with Crippen molar-refractivity contribution in [2.75, 3.05) is 6.54 Å². The predicted molar refractivity (Wildman–Crippen MR) is 75.4 cm³/mol. The van der Waals surface area contributed by atoms with Crippen molar-refractivity contribution in [3.63, 3.8) is 0 Å². The molecule has 0 aliphatic heterocycles. The molecule has 0 atom stereocenters. The molecule has 1 aliphatic rings. The minimum atomic E-state index is -0.210. The molecular weight excluding hydrogens is 271 g/mol. The molecule has 0 amide bonds. The van der Waals surface area contributed by atoms with Gasteiger partial charge in [0.1, 0.15) is 5.82 Å². The van der Waals surface area contributed by atoms with Crippen molar-refractivity contribution in [1.29, 1.82) is 0 Å². The van der Waals surface area contributed by atoms with E-state index < -0.39 is 0 Å². The highest BCUT2D eigenvalue weighted by molar-refractivity contribution is 5.16. The molecule has 21 heavy (non-hydrogen) atoms. The van der Waals surface area contributed by atoms with Crippen molar-refractivity contribution in [2.45, 2.75) is 32.5 Å². The van der Waals surface area contributed by atoms with Gasteiger partial charge in [-0.05, 0) is 36.5 Å². The van der Waals surface area contributed by atoms with E-state index in [-0.39, 0.29) is 12.4 Å². The molecule has 1 aromatic carbocycles. The van der Waals surface area contributed by atoms with Gasteiger partial charge in [0, 0.05) is 13.1 Å². The Labute approximate surface area is 122 Å². The summed E-state index contributed by atoms with van der Waals surface area (Å²) in [5, 5.41) is 3.94. The molecule has 0 radical (unpaired) electrons. The van der Waals surface area contributed by atoms with Gasteiger partial charge < -0.3 is 10.3 Å². The van der Waals surface area contributed by atoms with Crippen LogP contribution in [-0.2, 0) is 19.6 Å². The molecule has 112 valence electrons. The Morgan fingerprint density at radius 3 is 2.62 bits per heavy atom. The monoisotopic (exact) mass is 290 g/mol. The number of halogens is 1. The number of rotatable bonds is 7. The minimum Gasteiger partial charge on any atom is -0.338 e. The van der Waals surface area contributed by atoms with E-state index in [1.54, 1.807) is 0 Å². The lowest BCUT2D eigenvalue weighted by atomic mass is 10.2. The standard InChI is InChI=1S/C15H19FN4O/c16-13-5-3-12(4-6-13)9-20(8-11-1-2-11)10-14-18-15(7-17)21-19-14/h3-6,11H,1-2,7-10,17H2. The average molecular weight is 290 g/mol. The zero-order chi connectivity index (χ0) is 14.7. The summed E-state index contributed by atoms with van der Waals surface area (Å²) in [5.41, 5.74) is 6.56. The first-order chi connectivity index (χ1) is 10.2. The van der Waals surface area contributed by atoms with Gasteiger partial charge in [-0.2, -0.15) is 4.98 Å². The van der Waals surface area contributed by atoms with Gasteiger partial charge in [-0.15, -0.1) is 0 Å². The molecule has 2 aromatic rings. The van der Waals surface area contributed by atoms with Gasteiger partial charge in [0.05, 0.1) is 13.1 Å². The van der Waals surface area contributed by atoms with E-state index in [1.165, 1.54) is 25.0 Å². The number of hydrogen-bond donors (Lipinski definition) is 1. The van der Waals surface area contributed by atoms with Crippen LogP contribution in [0.3, 0.4) is 0 Å². The second-order valence-electron chi connectivity index (χ2n) is 5.55. The lowest BCUT2D eigenvalue weighted by molar-refractivity contribution is 0.235. The van der Waals surface area contributed by atoms with Gasteiger partial charge in [-0.1, -0.05) is 17.3 Å². The van der Waals surface area contributed by atoms with Gasteiger partial charge in [-0.25, -0.2) is 4.39 Å². The van der Waals surface area contributed by atoms with Crippen LogP contribution in [0.5, 0.6) is 0 Å². The summed E-state index contributed by atoms with van der Waals surface area (Å²) >= 11 is 0. The van der Waals surface area contributed by atoms with E-state index in [2.05, 4.69) is 15.0 Å². The quantitative estimate of drug-likeness (QED) is 0.845. The third kappa shape index (κ3) is 4.09. The van der Waals surface area contributed by atoms with Crippen LogP contribution in [0, 0.1) is 11.7 Å². The van der Waals surface area contributed by atoms with Crippen molar-refractivity contribution in [3.8, 4) is 0 Å². The highest BCUT2D eigenvalue weighted by Crippen LogP contribution is 2.30. The Morgan fingerprint density at radius 1 is 1.24 bits per heavy atom. The summed E-state index contributed by atoms with van der Waals surface area (Å²) in [5.74, 6) is 1.65. The van der Waals surface area contributed by atoms with E-state index in [4.69, 9.17) is 10.3 Å². The summed E-state index contributed by atoms with van der Waals surface area (Å²) < 4.78 is 18.0. The molecular formula is C15H19FN4O. The Balaban J connectivity index is 1.66. The molecule has 5 nitrogen and oxygen atoms in total. The highest BCUT2D eigenvalue weighted by Gasteiger charge is 2.25. The van der Waals surface area contributed by atoms with Crippen molar-refractivity contribution < 1.29 is 8.91 Å². The molecule has 0 saturated heterocycles. The number of benzene rings is 1. The van der Waals surface area contributed by atoms with E-state index in [1.807, 2.05) is 12.1 Å². The molecule has 1 fully saturated rings. The second-order valence-corrected chi connectivity index (χ2v) is 5.55. The van der Waals surface area contributed by atoms with Gasteiger partial charge in [0.25, 0.3) is 0 Å². The lowest BCUT2D eigenvalue weighted by Gasteiger charge is -2.20. The third-order valence-electron chi connectivity index (χ3n) is 3.58. The largest absolute Gasteiger partial charge is 0.338 e. The normalized spacial score (nSPS) is 14.8. The van der Waals surface area contributed by atoms with Crippen LogP contribution in [-0.4, -0.2) is 21.6 Å². The van der Waals surface area contributed by atoms with Crippen LogP contribution >= 0.6 is 0 Å². The van der Waals surface area contributed by atoms with Crippen molar-refractivity contribution >= 4 is 0 Å². The Morgan fingerprint density at radius 2 is 2.00 bits per heavy atom. The summed E-state index contributed by atoms with van der Waals surface area (Å²) in [6, 6.07) is 6.62. The Kier molecular flexibility index (Phi) is 4.26. The van der Waals surface area contributed by atoms with Gasteiger partial charge in [-0.3, -0.25) is 4.90 Å². The van der Waals surface area contributed by atoms with Gasteiger partial charge in [0.15, 0.2) is 5.82 Å². The first kappa shape index (κ1) is 14.2. The summed E-state index contributed by atoms with van der Waals surface area (Å²) in [6.07, 6.45) is 2.56. The SMILES string of the molecule is NCc1nc(CN(Cc2ccc(F)cc2)CC2CC2)no1. The smallest absolute Gasteiger partial charge is 0.240 e. The Hall–Kier alpha value is -1.79. The molecule has 1 aromatic heterocycles. The van der Waals surface area contributed by atoms with E-state index in [0.29, 0.717) is 18.3 Å². The van der Waals surface area contributed by atoms with Crippen LogP contribution in [0.25, 0.3) is 0 Å². The van der Waals surface area contributed by atoms with Crippen LogP contribution < -0.4 is 5.73 Å². The maximum Gasteiger partial charge on any atom is 0.240 e. The Bertz CT molecular complexity index is 580. The molecule has 1 saturated carbocycles. The average Bonchev–Trinajstić information content (AvgIpc) is 3.18. The first-order valence-corrected chi connectivity index (χ1v) is 7.21. The molecule has 0 spiro atoms. The van der Waals surface area contributed by atoms with Crippen molar-refractivity contribution in [3.05, 3.63) is 47.4 Å². The van der Waals surface area contributed by atoms with E-state index in [9.17, 15) is 4.39 Å². The fourth-order valence-corrected chi connectivity index (χ4v) is 2.34. The van der Waals surface area contributed by atoms with Crippen LogP contribution in [0.2, 0.25) is 0 Å². The predicted octanol–water partition coefficient (Wildman–Crippen LogP) is 2.08. The summed E-state index contributed by atoms with van der Waals surface area (Å²) in [7, 11) is 0. The van der Waals surface area contributed by atoms with Crippen LogP contribution in [0.15, 0.2) is 28.8 Å². The fourth-order valence-electron chi connectivity index (χ4n) is 2.34. The molecule has 2 N–H and O–H groups in total. The summed E-state index contributed by atoms with van der Waals surface area (Å²) in [6.45, 7) is 2.64. The topological polar surface area (TPSA) is 68.2 Å². The second kappa shape index (κ2) is 6.32. The molecule has 3 rings (SSSR count). The van der Waals surface area contributed by atoms with Crippen LogP contribution in [0.4, 0.5) is 4.39 Å². The zero-order valence-corrected chi connectivity index (χ0v) is 11.8. The van der Waals surface area contributed by atoms with Gasteiger partial charge in [0.2, 0.25) is 5.89 Å². The van der Waals surface area contributed by atoms with Gasteiger partial charge >= 0.3 is 0 Å².